The SMILES string of the molecule is Cc1cccc(NCc2cccc3cccnc23)c1C. The second kappa shape index (κ2) is 5.33. The molecule has 3 rings (SSSR count). The minimum atomic E-state index is 0.790. The Morgan fingerprint density at radius 2 is 1.75 bits per heavy atom. The van der Waals surface area contributed by atoms with Crippen LogP contribution in [0.1, 0.15) is 16.7 Å². The molecular weight excluding hydrogens is 244 g/mol. The molecule has 0 fully saturated rings. The average molecular weight is 262 g/mol. The molecule has 0 aliphatic rings. The molecule has 20 heavy (non-hydrogen) atoms. The lowest BCUT2D eigenvalue weighted by atomic mass is 10.1. The quantitative estimate of drug-likeness (QED) is 0.753. The zero-order valence-corrected chi connectivity index (χ0v) is 11.9. The van der Waals surface area contributed by atoms with Crippen molar-refractivity contribution in [1.29, 1.82) is 0 Å². The average Bonchev–Trinajstić information content (AvgIpc) is 2.49. The fourth-order valence-corrected chi connectivity index (χ4v) is 2.44. The molecule has 1 heterocycles. The first-order valence-electron chi connectivity index (χ1n) is 6.88. The third kappa shape index (κ3) is 2.37. The smallest absolute Gasteiger partial charge is 0.0751 e. The van der Waals surface area contributed by atoms with Gasteiger partial charge >= 0.3 is 0 Å². The largest absolute Gasteiger partial charge is 0.381 e. The molecule has 0 aliphatic heterocycles. The molecule has 0 spiro atoms. The molecule has 0 radical (unpaired) electrons. The van der Waals surface area contributed by atoms with E-state index in [4.69, 9.17) is 0 Å². The first-order valence-corrected chi connectivity index (χ1v) is 6.88. The van der Waals surface area contributed by atoms with Crippen LogP contribution < -0.4 is 5.32 Å². The highest BCUT2D eigenvalue weighted by molar-refractivity contribution is 5.81. The lowest BCUT2D eigenvalue weighted by molar-refractivity contribution is 1.14. The third-order valence-electron chi connectivity index (χ3n) is 3.79. The van der Waals surface area contributed by atoms with Crippen LogP contribution in [0, 0.1) is 13.8 Å². The Balaban J connectivity index is 1.89. The highest BCUT2D eigenvalue weighted by atomic mass is 14.9. The molecule has 3 aromatic rings. The predicted octanol–water partition coefficient (Wildman–Crippen LogP) is 4.46. The monoisotopic (exact) mass is 262 g/mol. The summed E-state index contributed by atoms with van der Waals surface area (Å²) in [5.41, 5.74) is 6.11. The van der Waals surface area contributed by atoms with Crippen LogP contribution in [0.4, 0.5) is 5.69 Å². The summed E-state index contributed by atoms with van der Waals surface area (Å²) in [6.07, 6.45) is 1.85. The highest BCUT2D eigenvalue weighted by Gasteiger charge is 2.03. The first kappa shape index (κ1) is 12.7. The van der Waals surface area contributed by atoms with Gasteiger partial charge in [0.2, 0.25) is 0 Å². The molecule has 2 heteroatoms. The van der Waals surface area contributed by atoms with Crippen LogP contribution >= 0.6 is 0 Å². The van der Waals surface area contributed by atoms with E-state index in [9.17, 15) is 0 Å². The first-order chi connectivity index (χ1) is 9.75. The number of aromatic nitrogens is 1. The number of nitrogens with zero attached hydrogens (tertiary/aromatic N) is 1. The molecule has 2 nitrogen and oxygen atoms in total. The summed E-state index contributed by atoms with van der Waals surface area (Å²) >= 11 is 0. The van der Waals surface area contributed by atoms with Gasteiger partial charge in [-0.3, -0.25) is 4.98 Å². The number of benzene rings is 2. The summed E-state index contributed by atoms with van der Waals surface area (Å²) in [5.74, 6) is 0. The van der Waals surface area contributed by atoms with E-state index in [0.717, 1.165) is 12.1 Å². The third-order valence-corrected chi connectivity index (χ3v) is 3.79. The number of para-hydroxylation sites is 1. The van der Waals surface area contributed by atoms with Crippen molar-refractivity contribution in [1.82, 2.24) is 4.98 Å². The predicted molar refractivity (Wildman–Crippen MR) is 85.0 cm³/mol. The fraction of sp³-hybridized carbons (Fsp3) is 0.167. The number of hydrogen-bond donors (Lipinski definition) is 1. The zero-order valence-electron chi connectivity index (χ0n) is 11.9. The number of nitrogens with one attached hydrogen (secondary N) is 1. The molecule has 100 valence electrons. The van der Waals surface area contributed by atoms with Gasteiger partial charge in [0, 0.05) is 23.8 Å². The van der Waals surface area contributed by atoms with Gasteiger partial charge in [0.05, 0.1) is 5.52 Å². The van der Waals surface area contributed by atoms with Crippen molar-refractivity contribution in [2.75, 3.05) is 5.32 Å². The number of pyridine rings is 1. The van der Waals surface area contributed by atoms with Crippen LogP contribution in [-0.4, -0.2) is 4.98 Å². The molecule has 0 aliphatic carbocycles. The van der Waals surface area contributed by atoms with E-state index in [-0.39, 0.29) is 0 Å². The number of anilines is 1. The molecule has 2 aromatic carbocycles. The van der Waals surface area contributed by atoms with E-state index >= 15 is 0 Å². The van der Waals surface area contributed by atoms with Crippen molar-refractivity contribution < 1.29 is 0 Å². The van der Waals surface area contributed by atoms with Gasteiger partial charge in [-0.15, -0.1) is 0 Å². The number of hydrogen-bond acceptors (Lipinski definition) is 2. The van der Waals surface area contributed by atoms with E-state index in [2.05, 4.69) is 66.6 Å². The van der Waals surface area contributed by atoms with Gasteiger partial charge in [0.1, 0.15) is 0 Å². The molecule has 0 saturated heterocycles. The minimum absolute atomic E-state index is 0.790. The molecule has 0 bridgehead atoms. The van der Waals surface area contributed by atoms with Crippen LogP contribution in [-0.2, 0) is 6.54 Å². The van der Waals surface area contributed by atoms with E-state index in [1.165, 1.54) is 27.8 Å². The Kier molecular flexibility index (Phi) is 3.38. The van der Waals surface area contributed by atoms with Gasteiger partial charge < -0.3 is 5.32 Å². The number of rotatable bonds is 3. The maximum Gasteiger partial charge on any atom is 0.0751 e. The normalized spacial score (nSPS) is 10.7. The second-order valence-electron chi connectivity index (χ2n) is 5.09. The van der Waals surface area contributed by atoms with Crippen LogP contribution in [0.2, 0.25) is 0 Å². The van der Waals surface area contributed by atoms with Crippen molar-refractivity contribution in [2.24, 2.45) is 0 Å². The van der Waals surface area contributed by atoms with E-state index in [1.54, 1.807) is 0 Å². The fourth-order valence-electron chi connectivity index (χ4n) is 2.44. The van der Waals surface area contributed by atoms with Crippen molar-refractivity contribution in [3.8, 4) is 0 Å². The van der Waals surface area contributed by atoms with Crippen molar-refractivity contribution in [3.63, 3.8) is 0 Å². The van der Waals surface area contributed by atoms with E-state index < -0.39 is 0 Å². The Morgan fingerprint density at radius 3 is 2.65 bits per heavy atom. The molecule has 0 saturated carbocycles. The maximum atomic E-state index is 4.49. The van der Waals surface area contributed by atoms with Gasteiger partial charge in [-0.2, -0.15) is 0 Å². The summed E-state index contributed by atoms with van der Waals surface area (Å²) in [6, 6.07) is 16.8. The van der Waals surface area contributed by atoms with E-state index in [0.29, 0.717) is 0 Å². The number of fused-ring (bicyclic) bond motifs is 1. The standard InChI is InChI=1S/C18H18N2/c1-13-6-3-10-17(14(13)2)20-12-16-8-4-7-15-9-5-11-19-18(15)16/h3-11,20H,12H2,1-2H3. The van der Waals surface area contributed by atoms with Gasteiger partial charge in [-0.1, -0.05) is 36.4 Å². The van der Waals surface area contributed by atoms with Gasteiger partial charge in [-0.05, 0) is 42.7 Å². The van der Waals surface area contributed by atoms with E-state index in [1.807, 2.05) is 12.3 Å². The summed E-state index contributed by atoms with van der Waals surface area (Å²) < 4.78 is 0. The van der Waals surface area contributed by atoms with Gasteiger partial charge in [0.25, 0.3) is 0 Å². The molecule has 1 aromatic heterocycles. The Labute approximate surface area is 119 Å². The Bertz CT molecular complexity index is 742. The van der Waals surface area contributed by atoms with Crippen LogP contribution in [0.3, 0.4) is 0 Å². The number of aryl methyl sites for hydroxylation is 1. The highest BCUT2D eigenvalue weighted by Crippen LogP contribution is 2.21. The summed E-state index contributed by atoms with van der Waals surface area (Å²) in [6.45, 7) is 5.08. The minimum Gasteiger partial charge on any atom is -0.381 e. The lowest BCUT2D eigenvalue weighted by Gasteiger charge is -2.12. The Morgan fingerprint density at radius 1 is 0.950 bits per heavy atom. The zero-order chi connectivity index (χ0) is 13.9. The van der Waals surface area contributed by atoms with Crippen LogP contribution in [0.15, 0.2) is 54.7 Å². The summed E-state index contributed by atoms with van der Waals surface area (Å²) in [5, 5.41) is 4.71. The Hall–Kier alpha value is -2.35. The van der Waals surface area contributed by atoms with Crippen LogP contribution in [0.25, 0.3) is 10.9 Å². The van der Waals surface area contributed by atoms with Gasteiger partial charge in [0.15, 0.2) is 0 Å². The molecule has 0 unspecified atom stereocenters. The summed E-state index contributed by atoms with van der Waals surface area (Å²) in [7, 11) is 0. The maximum absolute atomic E-state index is 4.49. The van der Waals surface area contributed by atoms with Crippen LogP contribution in [0.5, 0.6) is 0 Å². The van der Waals surface area contributed by atoms with Crippen molar-refractivity contribution in [2.45, 2.75) is 20.4 Å². The van der Waals surface area contributed by atoms with Gasteiger partial charge in [-0.25, -0.2) is 0 Å². The van der Waals surface area contributed by atoms with Crippen molar-refractivity contribution >= 4 is 16.6 Å². The molecule has 0 atom stereocenters. The molecular formula is C18H18N2. The second-order valence-corrected chi connectivity index (χ2v) is 5.09. The summed E-state index contributed by atoms with van der Waals surface area (Å²) in [4.78, 5) is 4.49. The lowest BCUT2D eigenvalue weighted by Crippen LogP contribution is -2.02. The molecule has 1 N–H and O–H groups in total. The molecule has 0 amide bonds. The topological polar surface area (TPSA) is 24.9 Å². The van der Waals surface area contributed by atoms with Crippen molar-refractivity contribution in [3.05, 3.63) is 71.4 Å².